The van der Waals surface area contributed by atoms with E-state index < -0.39 is 0 Å². The molecule has 37 heavy (non-hydrogen) atoms. The summed E-state index contributed by atoms with van der Waals surface area (Å²) in [4.78, 5) is 0. The predicted molar refractivity (Wildman–Crippen MR) is 151 cm³/mol. The van der Waals surface area contributed by atoms with Crippen molar-refractivity contribution in [3.8, 4) is 11.1 Å². The predicted octanol–water partition coefficient (Wildman–Crippen LogP) is 3.42. The van der Waals surface area contributed by atoms with Crippen molar-refractivity contribution in [3.05, 3.63) is 119 Å². The Labute approximate surface area is 255 Å². The van der Waals surface area contributed by atoms with Crippen LogP contribution in [0.1, 0.15) is 41.5 Å². The number of halogens is 2. The van der Waals surface area contributed by atoms with Crippen molar-refractivity contribution in [1.29, 1.82) is 0 Å². The summed E-state index contributed by atoms with van der Waals surface area (Å²) in [6, 6.07) is 33.7. The Bertz CT molecular complexity index is 1520. The fourth-order valence-electron chi connectivity index (χ4n) is 5.46. The molecule has 0 N–H and O–H groups in total. The zero-order valence-corrected chi connectivity index (χ0v) is 26.7. The summed E-state index contributed by atoms with van der Waals surface area (Å²) in [6.45, 7) is 8.77. The molecule has 1 aliphatic carbocycles. The van der Waals surface area contributed by atoms with E-state index in [9.17, 15) is 0 Å². The Balaban J connectivity index is 0.000000767. The van der Waals surface area contributed by atoms with Gasteiger partial charge in [-0.2, -0.15) is 0 Å². The van der Waals surface area contributed by atoms with E-state index in [4.69, 9.17) is 0 Å². The second-order valence-corrected chi connectivity index (χ2v) is 10.2. The molecule has 1 aliphatic rings. The smallest absolute Gasteiger partial charge is 1.00 e. The number of hydrogen-bond acceptors (Lipinski definition) is 0. The van der Waals surface area contributed by atoms with Crippen LogP contribution >= 0.6 is 0 Å². The molecule has 0 saturated carbocycles. The van der Waals surface area contributed by atoms with Crippen LogP contribution in [0.15, 0.2) is 96.6 Å². The van der Waals surface area contributed by atoms with Crippen molar-refractivity contribution >= 4 is 37.1 Å². The van der Waals surface area contributed by atoms with Crippen LogP contribution in [0.5, 0.6) is 0 Å². The van der Waals surface area contributed by atoms with Gasteiger partial charge in [0.05, 0.1) is 0 Å². The summed E-state index contributed by atoms with van der Waals surface area (Å²) in [6.07, 6.45) is 3.52. The molecule has 1 atom stereocenters. The summed E-state index contributed by atoms with van der Waals surface area (Å²) >= 11 is 0. The van der Waals surface area contributed by atoms with Crippen molar-refractivity contribution in [1.82, 2.24) is 0 Å². The van der Waals surface area contributed by atoms with Gasteiger partial charge in [0.25, 0.3) is 0 Å². The Morgan fingerprint density at radius 2 is 1.43 bits per heavy atom. The van der Waals surface area contributed by atoms with Crippen LogP contribution in [0, 0.1) is 6.92 Å². The third-order valence-corrected chi connectivity index (χ3v) is 6.89. The van der Waals surface area contributed by atoms with Gasteiger partial charge in [-0.1, -0.05) is 122 Å². The molecule has 6 rings (SSSR count). The number of fused-ring (bicyclic) bond motifs is 4. The van der Waals surface area contributed by atoms with Crippen LogP contribution < -0.4 is 24.8 Å². The summed E-state index contributed by atoms with van der Waals surface area (Å²) in [5.41, 5.74) is 9.72. The van der Waals surface area contributed by atoms with E-state index in [1.54, 1.807) is 0 Å². The van der Waals surface area contributed by atoms with Gasteiger partial charge in [0.1, 0.15) is 0 Å². The SMILES string of the molecule is CCC1=Cc2c(-c3cccc(C)c3)cccc2C1c1cccc2c1[cH-]c1ccccc12.C[Si]C.[Cl-].[Cl-].[Zr+3]. The van der Waals surface area contributed by atoms with Crippen molar-refractivity contribution in [2.45, 2.75) is 39.3 Å². The van der Waals surface area contributed by atoms with E-state index in [2.05, 4.69) is 124 Å². The van der Waals surface area contributed by atoms with E-state index >= 15 is 0 Å². The zero-order chi connectivity index (χ0) is 23.7. The monoisotopic (exact) mass is 615 g/mol. The molecule has 0 nitrogen and oxygen atoms in total. The minimum Gasteiger partial charge on any atom is -1.00 e. The van der Waals surface area contributed by atoms with Gasteiger partial charge < -0.3 is 24.8 Å². The van der Waals surface area contributed by atoms with E-state index in [-0.39, 0.29) is 51.0 Å². The van der Waals surface area contributed by atoms with Crippen molar-refractivity contribution in [2.75, 3.05) is 0 Å². The maximum Gasteiger partial charge on any atom is 3.00 e. The average Bonchev–Trinajstić information content (AvgIpc) is 3.42. The standard InChI is InChI=1S/C31H25.C2H6Si.2ClH.Zr/c1-3-21-18-29-25(22-11-6-9-20(2)17-22)13-7-15-27(29)31(21)28-16-8-14-26-24-12-5-4-10-23(24)19-30(26)28;1-3-2;;;/h4-19,31H,3H2,1-2H3;1-2H3;2*1H;/q-1;;;;+3/p-2. The Morgan fingerprint density at radius 3 is 2.16 bits per heavy atom. The molecule has 0 aliphatic heterocycles. The largest absolute Gasteiger partial charge is 3.00 e. The normalized spacial score (nSPS) is 13.4. The van der Waals surface area contributed by atoms with Crippen LogP contribution in [-0.4, -0.2) is 9.52 Å². The molecule has 1 unspecified atom stereocenters. The number of aryl methyl sites for hydroxylation is 1. The fraction of sp³-hybridized carbons (Fsp3) is 0.182. The first-order chi connectivity index (χ1) is 16.7. The number of hydrogen-bond donors (Lipinski definition) is 0. The summed E-state index contributed by atoms with van der Waals surface area (Å²) in [7, 11) is 1.08. The molecule has 0 bridgehead atoms. The second-order valence-electron chi connectivity index (χ2n) is 9.22. The zero-order valence-electron chi connectivity index (χ0n) is 21.8. The quantitative estimate of drug-likeness (QED) is 0.215. The first-order valence-corrected chi connectivity index (χ1v) is 14.2. The van der Waals surface area contributed by atoms with Crippen molar-refractivity contribution in [2.24, 2.45) is 0 Å². The van der Waals surface area contributed by atoms with Gasteiger partial charge in [-0.05, 0) is 35.6 Å². The third kappa shape index (κ3) is 5.94. The van der Waals surface area contributed by atoms with Gasteiger partial charge in [-0.3, -0.25) is 0 Å². The van der Waals surface area contributed by atoms with Crippen molar-refractivity contribution in [3.63, 3.8) is 0 Å². The molecule has 5 aromatic rings. The van der Waals surface area contributed by atoms with Gasteiger partial charge in [-0.25, -0.2) is 0 Å². The molecule has 185 valence electrons. The molecule has 0 spiro atoms. The molecule has 3 radical (unpaired) electrons. The van der Waals surface area contributed by atoms with E-state index in [0.29, 0.717) is 5.92 Å². The van der Waals surface area contributed by atoms with Gasteiger partial charge >= 0.3 is 26.2 Å². The molecule has 4 heteroatoms. The maximum atomic E-state index is 2.46. The van der Waals surface area contributed by atoms with Crippen LogP contribution in [0.3, 0.4) is 0 Å². The van der Waals surface area contributed by atoms with Crippen molar-refractivity contribution < 1.29 is 51.0 Å². The summed E-state index contributed by atoms with van der Waals surface area (Å²) in [5.74, 6) is 0.324. The molecular formula is C33H31Cl2SiZr. The Morgan fingerprint density at radius 1 is 0.784 bits per heavy atom. The minimum absolute atomic E-state index is 0. The number of benzene rings is 4. The van der Waals surface area contributed by atoms with Crippen LogP contribution in [0.4, 0.5) is 0 Å². The van der Waals surface area contributed by atoms with Gasteiger partial charge in [0, 0.05) is 15.4 Å². The first-order valence-electron chi connectivity index (χ1n) is 12.2. The van der Waals surface area contributed by atoms with Gasteiger partial charge in [0.2, 0.25) is 0 Å². The Kier molecular flexibility index (Phi) is 11.7. The molecule has 5 aromatic carbocycles. The van der Waals surface area contributed by atoms with Gasteiger partial charge in [0.15, 0.2) is 0 Å². The van der Waals surface area contributed by atoms with Crippen LogP contribution in [0.25, 0.3) is 38.7 Å². The van der Waals surface area contributed by atoms with E-state index in [1.807, 2.05) is 0 Å². The number of rotatable bonds is 3. The fourth-order valence-corrected chi connectivity index (χ4v) is 5.46. The summed E-state index contributed by atoms with van der Waals surface area (Å²) in [5, 5.41) is 5.44. The summed E-state index contributed by atoms with van der Waals surface area (Å²) < 4.78 is 0. The molecule has 0 amide bonds. The minimum atomic E-state index is 0. The molecule has 0 saturated heterocycles. The maximum absolute atomic E-state index is 2.46. The second kappa shape index (κ2) is 13.8. The average molecular weight is 618 g/mol. The molecule has 0 aromatic heterocycles. The number of allylic oxidation sites excluding steroid dienone is 1. The van der Waals surface area contributed by atoms with Gasteiger partial charge in [-0.15, -0.1) is 33.7 Å². The van der Waals surface area contributed by atoms with E-state index in [1.165, 1.54) is 60.5 Å². The Hall–Kier alpha value is -1.83. The third-order valence-electron chi connectivity index (χ3n) is 6.89. The molecule has 0 heterocycles. The van der Waals surface area contributed by atoms with Crippen LogP contribution in [-0.2, 0) is 26.2 Å². The van der Waals surface area contributed by atoms with Crippen LogP contribution in [0.2, 0.25) is 13.1 Å². The van der Waals surface area contributed by atoms with E-state index in [0.717, 1.165) is 15.9 Å². The topological polar surface area (TPSA) is 0 Å². The molecule has 0 fully saturated rings. The first kappa shape index (κ1) is 31.4. The molecular weight excluding hydrogens is 587 g/mol.